The molecule has 0 atom stereocenters. The van der Waals surface area contributed by atoms with Gasteiger partial charge in [-0.1, -0.05) is 11.8 Å². The number of carbonyl (C=O) groups excluding carboxylic acids is 1. The normalized spacial score (nSPS) is 14.6. The number of anilines is 1. The number of rotatable bonds is 2. The predicted molar refractivity (Wildman–Crippen MR) is 71.3 cm³/mol. The molecule has 3 nitrogen and oxygen atoms in total. The first-order valence-electron chi connectivity index (χ1n) is 6.22. The maximum absolute atomic E-state index is 11.7. The Morgan fingerprint density at radius 2 is 2.22 bits per heavy atom. The molecule has 3 heteroatoms. The van der Waals surface area contributed by atoms with Gasteiger partial charge in [0.05, 0.1) is 6.61 Å². The number of hydrogen-bond acceptors (Lipinski definition) is 2. The lowest BCUT2D eigenvalue weighted by atomic mass is 10.1. The largest absolute Gasteiger partial charge is 0.395 e. The summed E-state index contributed by atoms with van der Waals surface area (Å²) in [5, 5.41) is 8.71. The molecule has 1 N–H and O–H groups in total. The van der Waals surface area contributed by atoms with E-state index < -0.39 is 0 Å². The third-order valence-corrected chi connectivity index (χ3v) is 2.92. The molecule has 0 unspecified atom stereocenters. The average molecular weight is 243 g/mol. The summed E-state index contributed by atoms with van der Waals surface area (Å²) in [4.78, 5) is 13.5. The van der Waals surface area contributed by atoms with E-state index in [1.165, 1.54) is 0 Å². The molecule has 0 spiro atoms. The first kappa shape index (κ1) is 12.7. The maximum atomic E-state index is 11.7. The van der Waals surface area contributed by atoms with Crippen molar-refractivity contribution in [2.75, 3.05) is 18.1 Å². The molecule has 18 heavy (non-hydrogen) atoms. The van der Waals surface area contributed by atoms with Crippen LogP contribution in [0.15, 0.2) is 18.2 Å². The fraction of sp³-hybridized carbons (Fsp3) is 0.400. The van der Waals surface area contributed by atoms with Crippen LogP contribution in [0.3, 0.4) is 0 Å². The van der Waals surface area contributed by atoms with Crippen LogP contribution >= 0.6 is 0 Å². The number of amides is 1. The Bertz CT molecular complexity index is 511. The van der Waals surface area contributed by atoms with Gasteiger partial charge in [-0.2, -0.15) is 0 Å². The monoisotopic (exact) mass is 243 g/mol. The molecule has 1 amide bonds. The minimum atomic E-state index is 0.0796. The number of aryl methyl sites for hydroxylation is 1. The fourth-order valence-electron chi connectivity index (χ4n) is 2.13. The molecule has 0 radical (unpaired) electrons. The SMILES string of the molecule is Cc1cc(C#CCCO)cc(N2CCCC2=O)c1. The van der Waals surface area contributed by atoms with Crippen LogP contribution < -0.4 is 4.90 Å². The zero-order valence-electron chi connectivity index (χ0n) is 10.6. The van der Waals surface area contributed by atoms with Crippen molar-refractivity contribution in [3.05, 3.63) is 29.3 Å². The van der Waals surface area contributed by atoms with Crippen LogP contribution in [0.25, 0.3) is 0 Å². The minimum absolute atomic E-state index is 0.0796. The fourth-order valence-corrected chi connectivity index (χ4v) is 2.13. The number of aliphatic hydroxyl groups is 1. The van der Waals surface area contributed by atoms with E-state index in [-0.39, 0.29) is 12.5 Å². The molecular formula is C15H17NO2. The van der Waals surface area contributed by atoms with E-state index in [0.717, 1.165) is 29.8 Å². The topological polar surface area (TPSA) is 40.5 Å². The van der Waals surface area contributed by atoms with Crippen molar-refractivity contribution in [3.63, 3.8) is 0 Å². The maximum Gasteiger partial charge on any atom is 0.227 e. The highest BCUT2D eigenvalue weighted by atomic mass is 16.2. The molecule has 1 aliphatic rings. The van der Waals surface area contributed by atoms with Crippen LogP contribution in [0.2, 0.25) is 0 Å². The predicted octanol–water partition coefficient (Wildman–Crippen LogP) is 1.86. The van der Waals surface area contributed by atoms with Crippen molar-refractivity contribution < 1.29 is 9.90 Å². The number of carbonyl (C=O) groups is 1. The van der Waals surface area contributed by atoms with E-state index in [1.807, 2.05) is 30.0 Å². The summed E-state index contributed by atoms with van der Waals surface area (Å²) in [7, 11) is 0. The van der Waals surface area contributed by atoms with Crippen molar-refractivity contribution in [2.45, 2.75) is 26.2 Å². The van der Waals surface area contributed by atoms with Crippen LogP contribution in [0.5, 0.6) is 0 Å². The van der Waals surface area contributed by atoms with Gasteiger partial charge >= 0.3 is 0 Å². The molecule has 1 fully saturated rings. The summed E-state index contributed by atoms with van der Waals surface area (Å²) < 4.78 is 0. The molecule has 0 saturated carbocycles. The van der Waals surface area contributed by atoms with E-state index in [0.29, 0.717) is 12.8 Å². The molecule has 1 aliphatic heterocycles. The number of benzene rings is 1. The Labute approximate surface area is 107 Å². The van der Waals surface area contributed by atoms with E-state index in [9.17, 15) is 4.79 Å². The van der Waals surface area contributed by atoms with Gasteiger partial charge in [0.15, 0.2) is 0 Å². The smallest absolute Gasteiger partial charge is 0.227 e. The van der Waals surface area contributed by atoms with E-state index in [1.54, 1.807) is 0 Å². The molecule has 0 aromatic heterocycles. The van der Waals surface area contributed by atoms with Gasteiger partial charge in [0.1, 0.15) is 0 Å². The van der Waals surface area contributed by atoms with Crippen molar-refractivity contribution in [2.24, 2.45) is 0 Å². The molecule has 0 aliphatic carbocycles. The number of hydrogen-bond donors (Lipinski definition) is 1. The lowest BCUT2D eigenvalue weighted by molar-refractivity contribution is -0.117. The summed E-state index contributed by atoms with van der Waals surface area (Å²) in [5.41, 5.74) is 2.93. The number of aliphatic hydroxyl groups excluding tert-OH is 1. The summed E-state index contributed by atoms with van der Waals surface area (Å²) in [5.74, 6) is 6.11. The van der Waals surface area contributed by atoms with Gasteiger partial charge < -0.3 is 10.0 Å². The Morgan fingerprint density at radius 1 is 1.39 bits per heavy atom. The lowest BCUT2D eigenvalue weighted by Crippen LogP contribution is -2.23. The van der Waals surface area contributed by atoms with Crippen LogP contribution in [-0.4, -0.2) is 24.2 Å². The average Bonchev–Trinajstić information content (AvgIpc) is 2.75. The molecule has 2 rings (SSSR count). The van der Waals surface area contributed by atoms with Crippen molar-refractivity contribution >= 4 is 11.6 Å². The third kappa shape index (κ3) is 2.91. The highest BCUT2D eigenvalue weighted by Crippen LogP contribution is 2.23. The van der Waals surface area contributed by atoms with Gasteiger partial charge in [0, 0.05) is 30.6 Å². The van der Waals surface area contributed by atoms with Crippen molar-refractivity contribution in [1.29, 1.82) is 0 Å². The Hall–Kier alpha value is -1.79. The minimum Gasteiger partial charge on any atom is -0.395 e. The van der Waals surface area contributed by atoms with E-state index in [4.69, 9.17) is 5.11 Å². The summed E-state index contributed by atoms with van der Waals surface area (Å²) in [6, 6.07) is 5.95. The van der Waals surface area contributed by atoms with Crippen LogP contribution in [0, 0.1) is 18.8 Å². The van der Waals surface area contributed by atoms with Gasteiger partial charge in [-0.3, -0.25) is 4.79 Å². The summed E-state index contributed by atoms with van der Waals surface area (Å²) in [6.45, 7) is 2.88. The summed E-state index contributed by atoms with van der Waals surface area (Å²) in [6.07, 6.45) is 2.05. The molecule has 1 saturated heterocycles. The molecule has 94 valence electrons. The first-order chi connectivity index (χ1) is 8.70. The molecular weight excluding hydrogens is 226 g/mol. The quantitative estimate of drug-likeness (QED) is 0.805. The second-order valence-corrected chi connectivity index (χ2v) is 4.48. The highest BCUT2D eigenvalue weighted by molar-refractivity contribution is 5.95. The third-order valence-electron chi connectivity index (χ3n) is 2.92. The van der Waals surface area contributed by atoms with Crippen LogP contribution in [-0.2, 0) is 4.79 Å². The number of nitrogens with zero attached hydrogens (tertiary/aromatic N) is 1. The summed E-state index contributed by atoms with van der Waals surface area (Å²) >= 11 is 0. The first-order valence-corrected chi connectivity index (χ1v) is 6.22. The van der Waals surface area contributed by atoms with Crippen molar-refractivity contribution in [3.8, 4) is 11.8 Å². The zero-order chi connectivity index (χ0) is 13.0. The van der Waals surface area contributed by atoms with Crippen LogP contribution in [0.1, 0.15) is 30.4 Å². The second kappa shape index (κ2) is 5.70. The zero-order valence-corrected chi connectivity index (χ0v) is 10.6. The second-order valence-electron chi connectivity index (χ2n) is 4.48. The van der Waals surface area contributed by atoms with Gasteiger partial charge in [-0.25, -0.2) is 0 Å². The molecule has 1 heterocycles. The Kier molecular flexibility index (Phi) is 4.01. The molecule has 0 bridgehead atoms. The van der Waals surface area contributed by atoms with E-state index in [2.05, 4.69) is 11.8 Å². The molecule has 1 aromatic carbocycles. The lowest BCUT2D eigenvalue weighted by Gasteiger charge is -2.16. The highest BCUT2D eigenvalue weighted by Gasteiger charge is 2.21. The van der Waals surface area contributed by atoms with E-state index >= 15 is 0 Å². The van der Waals surface area contributed by atoms with Gasteiger partial charge in [-0.15, -0.1) is 0 Å². The Morgan fingerprint density at radius 3 is 2.89 bits per heavy atom. The van der Waals surface area contributed by atoms with Gasteiger partial charge in [-0.05, 0) is 37.1 Å². The standard InChI is InChI=1S/C15H17NO2/c1-12-9-13(5-2-3-8-17)11-14(10-12)16-7-4-6-15(16)18/h9-11,17H,3-4,6-8H2,1H3. The molecule has 1 aromatic rings. The van der Waals surface area contributed by atoms with Gasteiger partial charge in [0.25, 0.3) is 0 Å². The van der Waals surface area contributed by atoms with Crippen molar-refractivity contribution in [1.82, 2.24) is 0 Å². The van der Waals surface area contributed by atoms with Crippen LogP contribution in [0.4, 0.5) is 5.69 Å². The Balaban J connectivity index is 2.27. The van der Waals surface area contributed by atoms with Gasteiger partial charge in [0.2, 0.25) is 5.91 Å².